The molecule has 1 aliphatic rings. The Kier molecular flexibility index (Phi) is 6.07. The van der Waals surface area contributed by atoms with Crippen molar-refractivity contribution in [1.82, 2.24) is 5.32 Å². The van der Waals surface area contributed by atoms with E-state index in [1.54, 1.807) is 30.3 Å². The number of rotatable bonds is 5. The second-order valence-corrected chi connectivity index (χ2v) is 6.44. The quantitative estimate of drug-likeness (QED) is 0.495. The zero-order valence-electron chi connectivity index (χ0n) is 12.9. The summed E-state index contributed by atoms with van der Waals surface area (Å²) < 4.78 is 4.76. The minimum absolute atomic E-state index is 0.319. The largest absolute Gasteiger partial charge is 0.468 e. The van der Waals surface area contributed by atoms with Crippen molar-refractivity contribution in [3.05, 3.63) is 58.1 Å². The number of nitriles is 1. The topological polar surface area (TPSA) is 79.2 Å². The summed E-state index contributed by atoms with van der Waals surface area (Å²) in [5.74, 6) is -2.50. The smallest absolute Gasteiger partial charge is 0.319 e. The number of allylic oxidation sites excluding steroid dienone is 1. The Labute approximate surface area is 149 Å². The van der Waals surface area contributed by atoms with Crippen LogP contribution in [0.25, 0.3) is 0 Å². The standard InChI is InChI=1S/C17H15ClN2O3S/c1-3-8-24-16-12(9-19)13(10-4-6-11(18)7-5-10)14(15(21)20-16)17(22)23-2/h3-7,13-14H,1,8H2,2H3,(H,20,21)/t13-,14-/m0/s1. The van der Waals surface area contributed by atoms with E-state index in [0.29, 0.717) is 26.9 Å². The molecule has 0 radical (unpaired) electrons. The van der Waals surface area contributed by atoms with Gasteiger partial charge in [0, 0.05) is 16.7 Å². The van der Waals surface area contributed by atoms with Gasteiger partial charge in [0.1, 0.15) is 5.92 Å². The van der Waals surface area contributed by atoms with Crippen LogP contribution in [0.1, 0.15) is 11.5 Å². The summed E-state index contributed by atoms with van der Waals surface area (Å²) in [6.07, 6.45) is 1.67. The molecule has 2 rings (SSSR count). The predicted octanol–water partition coefficient (Wildman–Crippen LogP) is 3.00. The van der Waals surface area contributed by atoms with E-state index in [0.717, 1.165) is 0 Å². The molecule has 7 heteroatoms. The highest BCUT2D eigenvalue weighted by molar-refractivity contribution is 8.03. The van der Waals surface area contributed by atoms with E-state index in [2.05, 4.69) is 18.0 Å². The van der Waals surface area contributed by atoms with E-state index in [-0.39, 0.29) is 0 Å². The first-order valence-corrected chi connectivity index (χ1v) is 8.42. The Bertz CT molecular complexity index is 737. The number of benzene rings is 1. The third-order valence-electron chi connectivity index (χ3n) is 3.56. The third-order valence-corrected chi connectivity index (χ3v) is 4.82. The van der Waals surface area contributed by atoms with Crippen LogP contribution in [0.4, 0.5) is 0 Å². The highest BCUT2D eigenvalue weighted by Crippen LogP contribution is 2.40. The van der Waals surface area contributed by atoms with Crippen molar-refractivity contribution >= 4 is 35.2 Å². The molecular formula is C17H15ClN2O3S. The van der Waals surface area contributed by atoms with E-state index >= 15 is 0 Å². The molecule has 0 fully saturated rings. The molecule has 0 aromatic heterocycles. The minimum Gasteiger partial charge on any atom is -0.468 e. The number of thioether (sulfide) groups is 1. The number of hydrogen-bond donors (Lipinski definition) is 1. The van der Waals surface area contributed by atoms with Crippen molar-refractivity contribution in [3.63, 3.8) is 0 Å². The van der Waals surface area contributed by atoms with Crippen LogP contribution in [0.5, 0.6) is 0 Å². The van der Waals surface area contributed by atoms with E-state index in [1.807, 2.05) is 0 Å². The Morgan fingerprint density at radius 1 is 1.50 bits per heavy atom. The zero-order chi connectivity index (χ0) is 17.7. The number of amides is 1. The number of hydrogen-bond acceptors (Lipinski definition) is 5. The van der Waals surface area contributed by atoms with Gasteiger partial charge in [-0.1, -0.05) is 29.8 Å². The number of ether oxygens (including phenoxy) is 1. The second-order valence-electron chi connectivity index (χ2n) is 4.97. The van der Waals surface area contributed by atoms with Gasteiger partial charge in [-0.05, 0) is 17.7 Å². The summed E-state index contributed by atoms with van der Waals surface area (Å²) in [6.45, 7) is 3.63. The number of esters is 1. The Hall–Kier alpha value is -2.23. The van der Waals surface area contributed by atoms with Gasteiger partial charge >= 0.3 is 5.97 Å². The zero-order valence-corrected chi connectivity index (χ0v) is 14.5. The lowest BCUT2D eigenvalue weighted by Gasteiger charge is -2.30. The first-order valence-electron chi connectivity index (χ1n) is 7.05. The van der Waals surface area contributed by atoms with Crippen LogP contribution in [-0.4, -0.2) is 24.7 Å². The highest BCUT2D eigenvalue weighted by Gasteiger charge is 2.44. The number of carbonyl (C=O) groups excluding carboxylic acids is 2. The molecule has 24 heavy (non-hydrogen) atoms. The van der Waals surface area contributed by atoms with Crippen LogP contribution in [0.2, 0.25) is 5.02 Å². The Balaban J connectivity index is 2.59. The molecular weight excluding hydrogens is 348 g/mol. The van der Waals surface area contributed by atoms with Crippen LogP contribution in [0.15, 0.2) is 47.5 Å². The summed E-state index contributed by atoms with van der Waals surface area (Å²) >= 11 is 7.20. The fourth-order valence-electron chi connectivity index (χ4n) is 2.49. The van der Waals surface area contributed by atoms with Crippen LogP contribution in [0, 0.1) is 17.2 Å². The summed E-state index contributed by atoms with van der Waals surface area (Å²) in [5, 5.41) is 13.2. The molecule has 0 aliphatic carbocycles. The van der Waals surface area contributed by atoms with Gasteiger partial charge in [-0.2, -0.15) is 5.26 Å². The lowest BCUT2D eigenvalue weighted by atomic mass is 9.78. The Morgan fingerprint density at radius 2 is 2.17 bits per heavy atom. The fourth-order valence-corrected chi connectivity index (χ4v) is 3.40. The molecule has 0 saturated carbocycles. The van der Waals surface area contributed by atoms with Gasteiger partial charge in [0.15, 0.2) is 0 Å². The molecule has 0 spiro atoms. The fraction of sp³-hybridized carbons (Fsp3) is 0.235. The molecule has 1 heterocycles. The van der Waals surface area contributed by atoms with Crippen LogP contribution >= 0.6 is 23.4 Å². The summed E-state index contributed by atoms with van der Waals surface area (Å²) in [6, 6.07) is 8.84. The van der Waals surface area contributed by atoms with Gasteiger partial charge in [0.2, 0.25) is 5.91 Å². The van der Waals surface area contributed by atoms with Gasteiger partial charge in [-0.25, -0.2) is 0 Å². The molecule has 2 atom stereocenters. The van der Waals surface area contributed by atoms with Crippen molar-refractivity contribution in [2.24, 2.45) is 5.92 Å². The molecule has 1 aromatic carbocycles. The maximum absolute atomic E-state index is 12.5. The average molecular weight is 363 g/mol. The number of nitrogens with one attached hydrogen (secondary N) is 1. The summed E-state index contributed by atoms with van der Waals surface area (Å²) in [5.41, 5.74) is 0.970. The van der Waals surface area contributed by atoms with E-state index < -0.39 is 23.7 Å². The van der Waals surface area contributed by atoms with E-state index in [1.165, 1.54) is 18.9 Å². The molecule has 5 nitrogen and oxygen atoms in total. The molecule has 1 aliphatic heterocycles. The Morgan fingerprint density at radius 3 is 2.71 bits per heavy atom. The normalized spacial score (nSPS) is 20.1. The van der Waals surface area contributed by atoms with Crippen molar-refractivity contribution in [3.8, 4) is 6.07 Å². The maximum atomic E-state index is 12.5. The molecule has 0 unspecified atom stereocenters. The SMILES string of the molecule is C=CCSC1=C(C#N)[C@H](c2ccc(Cl)cc2)[C@H](C(=O)OC)C(=O)N1. The van der Waals surface area contributed by atoms with Gasteiger partial charge in [-0.3, -0.25) is 9.59 Å². The van der Waals surface area contributed by atoms with Gasteiger partial charge < -0.3 is 10.1 Å². The van der Waals surface area contributed by atoms with Crippen molar-refractivity contribution in [2.45, 2.75) is 5.92 Å². The van der Waals surface area contributed by atoms with Crippen LogP contribution in [0.3, 0.4) is 0 Å². The minimum atomic E-state index is -1.13. The monoisotopic (exact) mass is 362 g/mol. The van der Waals surface area contributed by atoms with Gasteiger partial charge in [-0.15, -0.1) is 18.3 Å². The van der Waals surface area contributed by atoms with Crippen LogP contribution < -0.4 is 5.32 Å². The predicted molar refractivity (Wildman–Crippen MR) is 93.1 cm³/mol. The summed E-state index contributed by atoms with van der Waals surface area (Å²) in [7, 11) is 1.21. The molecule has 1 N–H and O–H groups in total. The average Bonchev–Trinajstić information content (AvgIpc) is 2.59. The number of methoxy groups -OCH3 is 1. The number of halogens is 1. The lowest BCUT2D eigenvalue weighted by molar-refractivity contribution is -0.150. The van der Waals surface area contributed by atoms with Crippen LogP contribution in [-0.2, 0) is 14.3 Å². The summed E-state index contributed by atoms with van der Waals surface area (Å²) in [4.78, 5) is 24.6. The van der Waals surface area contributed by atoms with Gasteiger partial charge in [0.05, 0.1) is 23.8 Å². The number of carbonyl (C=O) groups is 2. The second kappa shape index (κ2) is 8.04. The van der Waals surface area contributed by atoms with Crippen molar-refractivity contribution in [1.29, 1.82) is 5.26 Å². The molecule has 1 amide bonds. The van der Waals surface area contributed by atoms with E-state index in [4.69, 9.17) is 16.3 Å². The first kappa shape index (κ1) is 18.1. The highest BCUT2D eigenvalue weighted by atomic mass is 35.5. The van der Waals surface area contributed by atoms with Crippen molar-refractivity contribution in [2.75, 3.05) is 12.9 Å². The molecule has 124 valence electrons. The third kappa shape index (κ3) is 3.64. The lowest BCUT2D eigenvalue weighted by Crippen LogP contribution is -2.44. The first-order chi connectivity index (χ1) is 11.5. The molecule has 0 bridgehead atoms. The maximum Gasteiger partial charge on any atom is 0.319 e. The number of nitrogens with zero attached hydrogens (tertiary/aromatic N) is 1. The molecule has 1 aromatic rings. The van der Waals surface area contributed by atoms with Crippen molar-refractivity contribution < 1.29 is 14.3 Å². The van der Waals surface area contributed by atoms with E-state index in [9.17, 15) is 14.9 Å². The molecule has 0 saturated heterocycles. The van der Waals surface area contributed by atoms with Gasteiger partial charge in [0.25, 0.3) is 0 Å².